The number of nitrogens with one attached hydrogen (secondary N) is 3. The van der Waals surface area contributed by atoms with E-state index in [0.717, 1.165) is 25.3 Å². The lowest BCUT2D eigenvalue weighted by atomic mass is 9.77. The smallest absolute Gasteiger partial charge is 0.404 e. The second-order valence-corrected chi connectivity index (χ2v) is 9.01. The standard InChI is InChI=1S/C24H30FN9O5/c1-13(30-24(36)37)19(14-4-3-5-14)32-22-17(25)11-16(20(26)35)21(33-22)31-15-10-18(34-28-6-7-29-34)23(27-12-15)39-9-8-38-2/h6-7,10-14,19,30H,3-5,8-9H2,1-2H3,(H2,26,35)(H,36,37)(H2,31,32,33)/t13-,19+/m0/s1. The van der Waals surface area contributed by atoms with Crippen LogP contribution in [0.1, 0.15) is 36.5 Å². The van der Waals surface area contributed by atoms with Gasteiger partial charge in [-0.05, 0) is 37.8 Å². The zero-order valence-electron chi connectivity index (χ0n) is 21.4. The fourth-order valence-corrected chi connectivity index (χ4v) is 4.23. The number of anilines is 3. The molecule has 2 atom stereocenters. The van der Waals surface area contributed by atoms with Gasteiger partial charge in [0.2, 0.25) is 5.88 Å². The average molecular weight is 544 g/mol. The molecular weight excluding hydrogens is 513 g/mol. The molecule has 6 N–H and O–H groups in total. The molecule has 0 unspecified atom stereocenters. The molecule has 3 aromatic heterocycles. The number of aromatic nitrogens is 5. The Labute approximate surface area is 223 Å². The number of rotatable bonds is 13. The number of carbonyl (C=O) groups is 2. The summed E-state index contributed by atoms with van der Waals surface area (Å²) in [6, 6.07) is 1.65. The van der Waals surface area contributed by atoms with Crippen LogP contribution >= 0.6 is 0 Å². The molecule has 0 bridgehead atoms. The van der Waals surface area contributed by atoms with E-state index in [1.165, 1.54) is 23.4 Å². The number of ether oxygens (including phenoxy) is 2. The number of hydrogen-bond donors (Lipinski definition) is 5. The van der Waals surface area contributed by atoms with Crippen LogP contribution in [-0.4, -0.2) is 74.5 Å². The molecule has 4 rings (SSSR count). The van der Waals surface area contributed by atoms with Crippen LogP contribution in [0.3, 0.4) is 0 Å². The molecule has 2 amide bonds. The molecule has 1 aliphatic rings. The summed E-state index contributed by atoms with van der Waals surface area (Å²) < 4.78 is 25.8. The molecule has 0 radical (unpaired) electrons. The molecule has 3 heterocycles. The molecule has 0 saturated heterocycles. The van der Waals surface area contributed by atoms with E-state index in [9.17, 15) is 14.7 Å². The average Bonchev–Trinajstić information content (AvgIpc) is 3.39. The van der Waals surface area contributed by atoms with Gasteiger partial charge in [0, 0.05) is 13.2 Å². The molecular formula is C24H30FN9O5. The maximum absolute atomic E-state index is 15.1. The molecule has 1 fully saturated rings. The van der Waals surface area contributed by atoms with Crippen molar-refractivity contribution in [2.24, 2.45) is 11.7 Å². The lowest BCUT2D eigenvalue weighted by Gasteiger charge is -2.38. The SMILES string of the molecule is COCCOc1ncc(Nc2nc(N[C@@H](C3CCC3)[C@H](C)NC(=O)O)c(F)cc2C(N)=O)cc1-n1nccn1. The lowest BCUT2D eigenvalue weighted by Crippen LogP contribution is -2.50. The predicted molar refractivity (Wildman–Crippen MR) is 138 cm³/mol. The van der Waals surface area contributed by atoms with Gasteiger partial charge in [0.05, 0.1) is 42.5 Å². The van der Waals surface area contributed by atoms with Crippen LogP contribution in [0.15, 0.2) is 30.7 Å². The summed E-state index contributed by atoms with van der Waals surface area (Å²) in [5.41, 5.74) is 6.09. The van der Waals surface area contributed by atoms with Crippen molar-refractivity contribution in [3.8, 4) is 11.6 Å². The Morgan fingerprint density at radius 1 is 1.23 bits per heavy atom. The van der Waals surface area contributed by atoms with Crippen molar-refractivity contribution in [2.75, 3.05) is 31.0 Å². The van der Waals surface area contributed by atoms with Crippen LogP contribution in [0.4, 0.5) is 26.5 Å². The predicted octanol–water partition coefficient (Wildman–Crippen LogP) is 2.30. The van der Waals surface area contributed by atoms with Crippen molar-refractivity contribution in [3.63, 3.8) is 0 Å². The number of amides is 2. The second kappa shape index (κ2) is 12.3. The van der Waals surface area contributed by atoms with Gasteiger partial charge in [-0.2, -0.15) is 10.2 Å². The number of halogens is 1. The van der Waals surface area contributed by atoms with Crippen molar-refractivity contribution < 1.29 is 28.6 Å². The maximum atomic E-state index is 15.1. The number of hydrogen-bond acceptors (Lipinski definition) is 10. The summed E-state index contributed by atoms with van der Waals surface area (Å²) in [5, 5.41) is 25.9. The summed E-state index contributed by atoms with van der Waals surface area (Å²) in [7, 11) is 1.55. The normalized spacial score (nSPS) is 14.6. The Morgan fingerprint density at radius 3 is 2.59 bits per heavy atom. The first-order valence-electron chi connectivity index (χ1n) is 12.3. The number of nitrogens with zero attached hydrogens (tertiary/aromatic N) is 5. The van der Waals surface area contributed by atoms with Crippen LogP contribution < -0.4 is 26.4 Å². The van der Waals surface area contributed by atoms with E-state index < -0.39 is 29.9 Å². The van der Waals surface area contributed by atoms with Gasteiger partial charge in [-0.1, -0.05) is 6.42 Å². The van der Waals surface area contributed by atoms with Crippen LogP contribution in [-0.2, 0) is 4.74 Å². The number of methoxy groups -OCH3 is 1. The summed E-state index contributed by atoms with van der Waals surface area (Å²) in [5.74, 6) is -1.51. The van der Waals surface area contributed by atoms with E-state index in [4.69, 9.17) is 15.2 Å². The zero-order valence-corrected chi connectivity index (χ0v) is 21.4. The van der Waals surface area contributed by atoms with E-state index in [0.29, 0.717) is 18.0 Å². The van der Waals surface area contributed by atoms with Crippen molar-refractivity contribution in [1.29, 1.82) is 0 Å². The van der Waals surface area contributed by atoms with Gasteiger partial charge in [0.15, 0.2) is 11.6 Å². The molecule has 0 aromatic carbocycles. The third-order valence-electron chi connectivity index (χ3n) is 6.35. The number of carboxylic acid groups (broad SMARTS) is 1. The molecule has 1 aliphatic carbocycles. The summed E-state index contributed by atoms with van der Waals surface area (Å²) in [6.07, 6.45) is 5.96. The third kappa shape index (κ3) is 6.67. The monoisotopic (exact) mass is 543 g/mol. The summed E-state index contributed by atoms with van der Waals surface area (Å²) in [4.78, 5) is 33.3. The fraction of sp³-hybridized carbons (Fsp3) is 0.417. The van der Waals surface area contributed by atoms with Gasteiger partial charge in [-0.25, -0.2) is 19.2 Å². The highest BCUT2D eigenvalue weighted by atomic mass is 19.1. The Balaban J connectivity index is 1.66. The van der Waals surface area contributed by atoms with E-state index in [-0.39, 0.29) is 35.6 Å². The van der Waals surface area contributed by atoms with E-state index >= 15 is 4.39 Å². The molecule has 0 aliphatic heterocycles. The first-order chi connectivity index (χ1) is 18.8. The molecule has 208 valence electrons. The highest BCUT2D eigenvalue weighted by Crippen LogP contribution is 2.34. The van der Waals surface area contributed by atoms with Gasteiger partial charge < -0.3 is 36.3 Å². The van der Waals surface area contributed by atoms with Crippen molar-refractivity contribution in [1.82, 2.24) is 30.3 Å². The van der Waals surface area contributed by atoms with Crippen molar-refractivity contribution in [3.05, 3.63) is 42.1 Å². The van der Waals surface area contributed by atoms with Gasteiger partial charge in [-0.3, -0.25) is 4.79 Å². The highest BCUT2D eigenvalue weighted by molar-refractivity contribution is 5.98. The van der Waals surface area contributed by atoms with Gasteiger partial charge in [-0.15, -0.1) is 4.80 Å². The highest BCUT2D eigenvalue weighted by Gasteiger charge is 2.33. The first-order valence-corrected chi connectivity index (χ1v) is 12.3. The minimum Gasteiger partial charge on any atom is -0.474 e. The molecule has 1 saturated carbocycles. The molecule has 39 heavy (non-hydrogen) atoms. The minimum absolute atomic E-state index is 0.0215. The van der Waals surface area contributed by atoms with Crippen LogP contribution in [0.2, 0.25) is 0 Å². The molecule has 3 aromatic rings. The number of carbonyl (C=O) groups excluding carboxylic acids is 1. The van der Waals surface area contributed by atoms with E-state index in [1.807, 2.05) is 0 Å². The third-order valence-corrected chi connectivity index (χ3v) is 6.35. The Bertz CT molecular complexity index is 1300. The van der Waals surface area contributed by atoms with Crippen LogP contribution in [0.25, 0.3) is 5.69 Å². The minimum atomic E-state index is -1.18. The Kier molecular flexibility index (Phi) is 8.70. The van der Waals surface area contributed by atoms with Gasteiger partial charge >= 0.3 is 6.09 Å². The van der Waals surface area contributed by atoms with E-state index in [1.54, 1.807) is 20.1 Å². The Hall–Kier alpha value is -4.53. The first kappa shape index (κ1) is 27.5. The van der Waals surface area contributed by atoms with Gasteiger partial charge in [0.25, 0.3) is 5.91 Å². The fourth-order valence-electron chi connectivity index (χ4n) is 4.23. The second-order valence-electron chi connectivity index (χ2n) is 9.01. The quantitative estimate of drug-likeness (QED) is 0.199. The van der Waals surface area contributed by atoms with Gasteiger partial charge in [0.1, 0.15) is 18.1 Å². The number of primary amides is 1. The van der Waals surface area contributed by atoms with Crippen LogP contribution in [0.5, 0.6) is 5.88 Å². The van der Waals surface area contributed by atoms with E-state index in [2.05, 4.69) is 36.1 Å². The Morgan fingerprint density at radius 2 is 1.97 bits per heavy atom. The lowest BCUT2D eigenvalue weighted by molar-refractivity contribution is 0.1000. The number of pyridine rings is 2. The number of nitrogens with two attached hydrogens (primary N) is 1. The zero-order chi connectivity index (χ0) is 27.9. The van der Waals surface area contributed by atoms with Crippen molar-refractivity contribution >= 4 is 29.3 Å². The van der Waals surface area contributed by atoms with Crippen LogP contribution in [0, 0.1) is 11.7 Å². The maximum Gasteiger partial charge on any atom is 0.404 e. The molecule has 15 heteroatoms. The largest absolute Gasteiger partial charge is 0.474 e. The summed E-state index contributed by atoms with van der Waals surface area (Å²) >= 11 is 0. The topological polar surface area (TPSA) is 191 Å². The molecule has 0 spiro atoms. The van der Waals surface area contributed by atoms with Crippen molar-refractivity contribution in [2.45, 2.75) is 38.3 Å². The molecule has 14 nitrogen and oxygen atoms in total. The summed E-state index contributed by atoms with van der Waals surface area (Å²) in [6.45, 7) is 2.28.